The van der Waals surface area contributed by atoms with Crippen molar-refractivity contribution in [2.75, 3.05) is 0 Å². The Morgan fingerprint density at radius 1 is 1.33 bits per heavy atom. The topological polar surface area (TPSA) is 49.0 Å². The average molecular weight is 241 g/mol. The van der Waals surface area contributed by atoms with Crippen LogP contribution in [0.4, 0.5) is 0 Å². The highest BCUT2D eigenvalue weighted by molar-refractivity contribution is 5.92. The van der Waals surface area contributed by atoms with Crippen LogP contribution >= 0.6 is 0 Å². The minimum Gasteiger partial charge on any atom is -0.357 e. The van der Waals surface area contributed by atoms with Crippen molar-refractivity contribution in [2.45, 2.75) is 25.4 Å². The summed E-state index contributed by atoms with van der Waals surface area (Å²) in [5, 5.41) is 0. The van der Waals surface area contributed by atoms with Crippen LogP contribution in [0.15, 0.2) is 42.9 Å². The molecule has 1 fully saturated rings. The van der Waals surface area contributed by atoms with Crippen LogP contribution in [0.5, 0.6) is 0 Å². The molecule has 18 heavy (non-hydrogen) atoms. The molecule has 3 rings (SSSR count). The van der Waals surface area contributed by atoms with Gasteiger partial charge in [-0.15, -0.1) is 0 Å². The van der Waals surface area contributed by atoms with Crippen LogP contribution in [0.1, 0.15) is 28.9 Å². The molecule has 0 atom stereocenters. The zero-order chi connectivity index (χ0) is 12.4. The summed E-state index contributed by atoms with van der Waals surface area (Å²) < 4.78 is 0. The monoisotopic (exact) mass is 241 g/mol. The van der Waals surface area contributed by atoms with Crippen LogP contribution in [-0.2, 0) is 6.54 Å². The van der Waals surface area contributed by atoms with Gasteiger partial charge in [0.05, 0.1) is 0 Å². The maximum absolute atomic E-state index is 12.4. The highest BCUT2D eigenvalue weighted by atomic mass is 16.2. The second-order valence-corrected chi connectivity index (χ2v) is 4.60. The average Bonchev–Trinajstić information content (AvgIpc) is 3.10. The van der Waals surface area contributed by atoms with Crippen molar-refractivity contribution >= 4 is 5.91 Å². The van der Waals surface area contributed by atoms with E-state index >= 15 is 0 Å². The third kappa shape index (κ3) is 2.27. The fourth-order valence-corrected chi connectivity index (χ4v) is 2.06. The number of nitrogens with zero attached hydrogens (tertiary/aromatic N) is 2. The molecule has 0 unspecified atom stereocenters. The van der Waals surface area contributed by atoms with Crippen LogP contribution < -0.4 is 0 Å². The first-order valence-corrected chi connectivity index (χ1v) is 6.18. The number of pyridine rings is 1. The second kappa shape index (κ2) is 4.64. The summed E-state index contributed by atoms with van der Waals surface area (Å²) in [4.78, 5) is 21.3. The molecule has 0 saturated heterocycles. The summed E-state index contributed by atoms with van der Waals surface area (Å²) in [6, 6.07) is 7.98. The Balaban J connectivity index is 1.79. The fourth-order valence-electron chi connectivity index (χ4n) is 2.06. The molecule has 1 aliphatic rings. The number of carbonyl (C=O) groups excluding carboxylic acids is 1. The van der Waals surface area contributed by atoms with Gasteiger partial charge >= 0.3 is 0 Å². The molecule has 2 aromatic heterocycles. The van der Waals surface area contributed by atoms with Gasteiger partial charge in [-0.1, -0.05) is 0 Å². The molecule has 1 amide bonds. The van der Waals surface area contributed by atoms with Crippen molar-refractivity contribution in [3.05, 3.63) is 54.1 Å². The minimum absolute atomic E-state index is 0.0827. The Hall–Kier alpha value is -2.10. The Morgan fingerprint density at radius 2 is 2.11 bits per heavy atom. The molecular weight excluding hydrogens is 226 g/mol. The molecule has 0 spiro atoms. The summed E-state index contributed by atoms with van der Waals surface area (Å²) in [5.74, 6) is 0.0827. The normalized spacial score (nSPS) is 14.4. The lowest BCUT2D eigenvalue weighted by Crippen LogP contribution is -2.32. The SMILES string of the molecule is O=C(c1ccc[nH]1)N(Cc1ccncc1)C1CC1. The van der Waals surface area contributed by atoms with E-state index in [1.165, 1.54) is 0 Å². The molecule has 1 N–H and O–H groups in total. The van der Waals surface area contributed by atoms with Gasteiger partial charge in [-0.25, -0.2) is 0 Å². The van der Waals surface area contributed by atoms with Crippen molar-refractivity contribution < 1.29 is 4.79 Å². The number of H-pyrrole nitrogens is 1. The van der Waals surface area contributed by atoms with Crippen LogP contribution in [-0.4, -0.2) is 26.8 Å². The van der Waals surface area contributed by atoms with Gasteiger partial charge in [-0.05, 0) is 42.7 Å². The number of aromatic amines is 1. The van der Waals surface area contributed by atoms with Crippen molar-refractivity contribution in [2.24, 2.45) is 0 Å². The number of aromatic nitrogens is 2. The van der Waals surface area contributed by atoms with Gasteiger partial charge in [0.15, 0.2) is 0 Å². The van der Waals surface area contributed by atoms with Crippen LogP contribution in [0.2, 0.25) is 0 Å². The zero-order valence-electron chi connectivity index (χ0n) is 10.0. The van der Waals surface area contributed by atoms with Crippen molar-refractivity contribution in [3.63, 3.8) is 0 Å². The third-order valence-corrected chi connectivity index (χ3v) is 3.18. The predicted molar refractivity (Wildman–Crippen MR) is 67.9 cm³/mol. The van der Waals surface area contributed by atoms with Gasteiger partial charge < -0.3 is 9.88 Å². The van der Waals surface area contributed by atoms with Crippen LogP contribution in [0.3, 0.4) is 0 Å². The maximum Gasteiger partial charge on any atom is 0.270 e. The van der Waals surface area contributed by atoms with Crippen LogP contribution in [0.25, 0.3) is 0 Å². The number of amides is 1. The van der Waals surface area contributed by atoms with Gasteiger partial charge in [0.25, 0.3) is 5.91 Å². The number of nitrogens with one attached hydrogen (secondary N) is 1. The predicted octanol–water partition coefficient (Wildman–Crippen LogP) is 2.21. The lowest BCUT2D eigenvalue weighted by atomic mass is 10.2. The minimum atomic E-state index is 0.0827. The molecule has 0 aromatic carbocycles. The van der Waals surface area contributed by atoms with E-state index in [0.717, 1.165) is 18.4 Å². The van der Waals surface area contributed by atoms with Crippen molar-refractivity contribution in [3.8, 4) is 0 Å². The van der Waals surface area contributed by atoms with E-state index in [-0.39, 0.29) is 5.91 Å². The van der Waals surface area contributed by atoms with E-state index in [1.807, 2.05) is 29.2 Å². The molecule has 1 aliphatic carbocycles. The Kier molecular flexibility index (Phi) is 2.84. The number of hydrogen-bond donors (Lipinski definition) is 1. The van der Waals surface area contributed by atoms with Gasteiger partial charge in [0.1, 0.15) is 5.69 Å². The third-order valence-electron chi connectivity index (χ3n) is 3.18. The second-order valence-electron chi connectivity index (χ2n) is 4.60. The fraction of sp³-hybridized carbons (Fsp3) is 0.286. The van der Waals surface area contributed by atoms with Gasteiger partial charge in [0.2, 0.25) is 0 Å². The molecule has 0 aliphatic heterocycles. The van der Waals surface area contributed by atoms with Gasteiger partial charge in [-0.2, -0.15) is 0 Å². The van der Waals surface area contributed by atoms with E-state index in [0.29, 0.717) is 18.3 Å². The van der Waals surface area contributed by atoms with Crippen molar-refractivity contribution in [1.29, 1.82) is 0 Å². The van der Waals surface area contributed by atoms with Crippen LogP contribution in [0, 0.1) is 0 Å². The molecular formula is C14H15N3O. The molecule has 0 bridgehead atoms. The highest BCUT2D eigenvalue weighted by Crippen LogP contribution is 2.29. The summed E-state index contributed by atoms with van der Waals surface area (Å²) in [6.45, 7) is 0.658. The first-order chi connectivity index (χ1) is 8.84. The standard InChI is InChI=1S/C14H15N3O/c18-14(13-2-1-7-16-13)17(12-3-4-12)10-11-5-8-15-9-6-11/h1-2,5-9,12,16H,3-4,10H2. The first-order valence-electron chi connectivity index (χ1n) is 6.18. The summed E-state index contributed by atoms with van der Waals surface area (Å²) in [5.41, 5.74) is 1.78. The van der Waals surface area contributed by atoms with E-state index < -0.39 is 0 Å². The largest absolute Gasteiger partial charge is 0.357 e. The zero-order valence-corrected chi connectivity index (χ0v) is 10.0. The summed E-state index contributed by atoms with van der Waals surface area (Å²) in [7, 11) is 0. The van der Waals surface area contributed by atoms with E-state index in [4.69, 9.17) is 0 Å². The molecule has 2 heterocycles. The van der Waals surface area contributed by atoms with E-state index in [9.17, 15) is 4.79 Å². The number of carbonyl (C=O) groups is 1. The Labute approximate surface area is 106 Å². The molecule has 4 nitrogen and oxygen atoms in total. The Morgan fingerprint density at radius 3 is 2.72 bits per heavy atom. The van der Waals surface area contributed by atoms with Gasteiger partial charge in [0, 0.05) is 31.2 Å². The maximum atomic E-state index is 12.4. The molecule has 92 valence electrons. The smallest absolute Gasteiger partial charge is 0.270 e. The Bertz CT molecular complexity index is 517. The molecule has 4 heteroatoms. The van der Waals surface area contributed by atoms with E-state index in [2.05, 4.69) is 9.97 Å². The molecule has 1 saturated carbocycles. The lowest BCUT2D eigenvalue weighted by molar-refractivity contribution is 0.0724. The summed E-state index contributed by atoms with van der Waals surface area (Å²) in [6.07, 6.45) is 7.53. The number of hydrogen-bond acceptors (Lipinski definition) is 2. The highest BCUT2D eigenvalue weighted by Gasteiger charge is 2.33. The molecule has 0 radical (unpaired) electrons. The number of rotatable bonds is 4. The first kappa shape index (κ1) is 11.0. The van der Waals surface area contributed by atoms with Crippen molar-refractivity contribution in [1.82, 2.24) is 14.9 Å². The summed E-state index contributed by atoms with van der Waals surface area (Å²) >= 11 is 0. The van der Waals surface area contributed by atoms with E-state index in [1.54, 1.807) is 18.6 Å². The molecule has 2 aromatic rings. The van der Waals surface area contributed by atoms with Gasteiger partial charge in [-0.3, -0.25) is 9.78 Å². The lowest BCUT2D eigenvalue weighted by Gasteiger charge is -2.21. The quantitative estimate of drug-likeness (QED) is 0.892.